The van der Waals surface area contributed by atoms with Crippen molar-refractivity contribution in [3.8, 4) is 34.2 Å². The fourth-order valence-corrected chi connectivity index (χ4v) is 5.00. The Bertz CT molecular complexity index is 1480. The zero-order chi connectivity index (χ0) is 23.5. The van der Waals surface area contributed by atoms with Crippen LogP contribution in [0.5, 0.6) is 0 Å². The van der Waals surface area contributed by atoms with Gasteiger partial charge < -0.3 is 0 Å². The standard InChI is InChI=1S/C27H18BrN3O2S/c28-22-13-17-24(18-14-22)34(32,33)23-15-11-21(12-16-23)27-30-25(19-7-3-1-4-8-19)29-26(31-27)20-9-5-2-6-10-20/h1-18H. The van der Waals surface area contributed by atoms with Gasteiger partial charge in [0, 0.05) is 21.2 Å². The summed E-state index contributed by atoms with van der Waals surface area (Å²) in [6, 6.07) is 32.6. The number of sulfone groups is 1. The van der Waals surface area contributed by atoms with E-state index in [1.165, 1.54) is 0 Å². The van der Waals surface area contributed by atoms with E-state index in [-0.39, 0.29) is 9.79 Å². The predicted molar refractivity (Wildman–Crippen MR) is 136 cm³/mol. The molecule has 0 fully saturated rings. The van der Waals surface area contributed by atoms with Crippen LogP contribution in [0, 0.1) is 0 Å². The van der Waals surface area contributed by atoms with Crippen LogP contribution in [-0.4, -0.2) is 23.4 Å². The van der Waals surface area contributed by atoms with Gasteiger partial charge in [0.15, 0.2) is 17.5 Å². The van der Waals surface area contributed by atoms with Gasteiger partial charge in [0.05, 0.1) is 9.79 Å². The number of benzene rings is 4. The van der Waals surface area contributed by atoms with E-state index in [2.05, 4.69) is 30.9 Å². The SMILES string of the molecule is O=S(=O)(c1ccc(Br)cc1)c1ccc(-c2nc(-c3ccccc3)nc(-c3ccccc3)n2)cc1. The highest BCUT2D eigenvalue weighted by atomic mass is 79.9. The molecule has 1 heterocycles. The molecule has 0 bridgehead atoms. The maximum absolute atomic E-state index is 13.0. The van der Waals surface area contributed by atoms with E-state index in [9.17, 15) is 8.42 Å². The van der Waals surface area contributed by atoms with Gasteiger partial charge in [-0.15, -0.1) is 0 Å². The lowest BCUT2D eigenvalue weighted by Crippen LogP contribution is -2.03. The lowest BCUT2D eigenvalue weighted by molar-refractivity contribution is 0.596. The highest BCUT2D eigenvalue weighted by Crippen LogP contribution is 2.27. The molecule has 0 saturated carbocycles. The summed E-state index contributed by atoms with van der Waals surface area (Å²) in [6.07, 6.45) is 0. The number of hydrogen-bond acceptors (Lipinski definition) is 5. The van der Waals surface area contributed by atoms with Crippen molar-refractivity contribution in [3.63, 3.8) is 0 Å². The molecular formula is C27H18BrN3O2S. The molecule has 5 aromatic rings. The van der Waals surface area contributed by atoms with E-state index < -0.39 is 9.84 Å². The van der Waals surface area contributed by atoms with Crippen molar-refractivity contribution < 1.29 is 8.42 Å². The number of nitrogens with zero attached hydrogens (tertiary/aromatic N) is 3. The van der Waals surface area contributed by atoms with Crippen molar-refractivity contribution in [2.75, 3.05) is 0 Å². The average Bonchev–Trinajstić information content (AvgIpc) is 2.90. The van der Waals surface area contributed by atoms with Gasteiger partial charge in [-0.3, -0.25) is 0 Å². The molecule has 34 heavy (non-hydrogen) atoms. The van der Waals surface area contributed by atoms with Crippen molar-refractivity contribution >= 4 is 25.8 Å². The van der Waals surface area contributed by atoms with Crippen LogP contribution in [0.3, 0.4) is 0 Å². The minimum absolute atomic E-state index is 0.208. The monoisotopic (exact) mass is 527 g/mol. The average molecular weight is 528 g/mol. The highest BCUT2D eigenvalue weighted by Gasteiger charge is 2.18. The third-order valence-corrected chi connectivity index (χ3v) is 7.56. The lowest BCUT2D eigenvalue weighted by atomic mass is 10.1. The summed E-state index contributed by atoms with van der Waals surface area (Å²) in [5, 5.41) is 0. The Morgan fingerprint density at radius 1 is 0.471 bits per heavy atom. The summed E-state index contributed by atoms with van der Waals surface area (Å²) in [7, 11) is -3.63. The van der Waals surface area contributed by atoms with Crippen LogP contribution in [0.4, 0.5) is 0 Å². The Hall–Kier alpha value is -3.68. The summed E-state index contributed by atoms with van der Waals surface area (Å²) in [4.78, 5) is 14.5. The van der Waals surface area contributed by atoms with Gasteiger partial charge in [0.2, 0.25) is 9.84 Å². The molecule has 0 atom stereocenters. The maximum atomic E-state index is 13.0. The molecule has 0 N–H and O–H groups in total. The van der Waals surface area contributed by atoms with Gasteiger partial charge >= 0.3 is 0 Å². The molecule has 5 rings (SSSR count). The van der Waals surface area contributed by atoms with Crippen LogP contribution in [0.15, 0.2) is 123 Å². The molecule has 0 unspecified atom stereocenters. The minimum Gasteiger partial charge on any atom is -0.219 e. The largest absolute Gasteiger partial charge is 0.219 e. The van der Waals surface area contributed by atoms with Gasteiger partial charge in [-0.25, -0.2) is 23.4 Å². The lowest BCUT2D eigenvalue weighted by Gasteiger charge is -2.09. The van der Waals surface area contributed by atoms with Crippen LogP contribution >= 0.6 is 15.9 Å². The second-order valence-electron chi connectivity index (χ2n) is 7.52. The third kappa shape index (κ3) is 4.53. The van der Waals surface area contributed by atoms with Crippen molar-refractivity contribution in [1.29, 1.82) is 0 Å². The van der Waals surface area contributed by atoms with E-state index in [1.807, 2.05) is 60.7 Å². The summed E-state index contributed by atoms with van der Waals surface area (Å²) in [5.74, 6) is 1.58. The van der Waals surface area contributed by atoms with Crippen molar-refractivity contribution in [2.24, 2.45) is 0 Å². The molecule has 7 heteroatoms. The van der Waals surface area contributed by atoms with Gasteiger partial charge in [0.25, 0.3) is 0 Å². The Morgan fingerprint density at radius 2 is 0.824 bits per heavy atom. The quantitative estimate of drug-likeness (QED) is 0.262. The third-order valence-electron chi connectivity index (χ3n) is 5.25. The van der Waals surface area contributed by atoms with Crippen molar-refractivity contribution in [2.45, 2.75) is 9.79 Å². The summed E-state index contributed by atoms with van der Waals surface area (Å²) >= 11 is 3.34. The molecule has 0 saturated heterocycles. The number of halogens is 1. The zero-order valence-electron chi connectivity index (χ0n) is 17.8. The highest BCUT2D eigenvalue weighted by molar-refractivity contribution is 9.10. The first-order valence-electron chi connectivity index (χ1n) is 10.5. The normalized spacial score (nSPS) is 11.3. The second-order valence-corrected chi connectivity index (χ2v) is 10.4. The molecule has 0 amide bonds. The summed E-state index contributed by atoms with van der Waals surface area (Å²) in [5.41, 5.74) is 2.45. The van der Waals surface area contributed by atoms with Crippen LogP contribution in [0.2, 0.25) is 0 Å². The van der Waals surface area contributed by atoms with Crippen LogP contribution < -0.4 is 0 Å². The maximum Gasteiger partial charge on any atom is 0.206 e. The predicted octanol–water partition coefficient (Wildman–Crippen LogP) is 6.47. The second kappa shape index (κ2) is 9.29. The van der Waals surface area contributed by atoms with E-state index in [0.717, 1.165) is 15.6 Å². The molecule has 0 aliphatic heterocycles. The molecule has 166 valence electrons. The van der Waals surface area contributed by atoms with Gasteiger partial charge in [-0.1, -0.05) is 76.6 Å². The van der Waals surface area contributed by atoms with Crippen LogP contribution in [0.25, 0.3) is 34.2 Å². The van der Waals surface area contributed by atoms with E-state index in [1.54, 1.807) is 48.5 Å². The Kier molecular flexibility index (Phi) is 6.04. The molecule has 0 aliphatic rings. The fraction of sp³-hybridized carbons (Fsp3) is 0. The summed E-state index contributed by atoms with van der Waals surface area (Å²) in [6.45, 7) is 0. The van der Waals surface area contributed by atoms with Crippen molar-refractivity contribution in [3.05, 3.63) is 114 Å². The number of hydrogen-bond donors (Lipinski definition) is 0. The smallest absolute Gasteiger partial charge is 0.206 e. The fourth-order valence-electron chi connectivity index (χ4n) is 3.47. The van der Waals surface area contributed by atoms with Gasteiger partial charge in [-0.05, 0) is 48.5 Å². The molecule has 1 aromatic heterocycles. The summed E-state index contributed by atoms with van der Waals surface area (Å²) < 4.78 is 26.8. The van der Waals surface area contributed by atoms with E-state index in [4.69, 9.17) is 0 Å². The Morgan fingerprint density at radius 3 is 1.24 bits per heavy atom. The molecule has 0 spiro atoms. The van der Waals surface area contributed by atoms with Crippen LogP contribution in [-0.2, 0) is 9.84 Å². The Labute approximate surface area is 206 Å². The Balaban J connectivity index is 1.57. The zero-order valence-corrected chi connectivity index (χ0v) is 20.2. The van der Waals surface area contributed by atoms with Gasteiger partial charge in [0.1, 0.15) is 0 Å². The molecule has 0 radical (unpaired) electrons. The first-order chi connectivity index (χ1) is 16.5. The van der Waals surface area contributed by atoms with Crippen molar-refractivity contribution in [1.82, 2.24) is 15.0 Å². The van der Waals surface area contributed by atoms with Crippen LogP contribution in [0.1, 0.15) is 0 Å². The molecule has 5 nitrogen and oxygen atoms in total. The molecule has 0 aliphatic carbocycles. The number of aromatic nitrogens is 3. The molecular weight excluding hydrogens is 510 g/mol. The van der Waals surface area contributed by atoms with Gasteiger partial charge in [-0.2, -0.15) is 0 Å². The topological polar surface area (TPSA) is 72.8 Å². The minimum atomic E-state index is -3.63. The first kappa shape index (κ1) is 22.1. The number of rotatable bonds is 5. The van der Waals surface area contributed by atoms with E-state index in [0.29, 0.717) is 23.0 Å². The van der Waals surface area contributed by atoms with E-state index >= 15 is 0 Å². The molecule has 4 aromatic carbocycles. The first-order valence-corrected chi connectivity index (χ1v) is 12.8.